The Morgan fingerprint density at radius 2 is 1.75 bits per heavy atom. The van der Waals surface area contributed by atoms with E-state index < -0.39 is 11.7 Å². The van der Waals surface area contributed by atoms with Gasteiger partial charge in [-0.05, 0) is 40.2 Å². The van der Waals surface area contributed by atoms with Crippen molar-refractivity contribution in [3.8, 4) is 5.69 Å². The van der Waals surface area contributed by atoms with E-state index in [1.807, 2.05) is 0 Å². The third-order valence-corrected chi connectivity index (χ3v) is 4.22. The molecule has 20 heavy (non-hydrogen) atoms. The minimum Gasteiger partial charge on any atom is -0.283 e. The molecule has 0 aliphatic rings. The third kappa shape index (κ3) is 2.58. The van der Waals surface area contributed by atoms with Crippen LogP contribution in [0, 0.1) is 0 Å². The Hall–Kier alpha value is -1.02. The Labute approximate surface area is 129 Å². The van der Waals surface area contributed by atoms with Crippen LogP contribution in [0.1, 0.15) is 11.3 Å². The lowest BCUT2D eigenvalue weighted by Crippen LogP contribution is -2.20. The minimum absolute atomic E-state index is 0.318. The van der Waals surface area contributed by atoms with Gasteiger partial charge in [-0.15, -0.1) is 0 Å². The second-order valence-corrected chi connectivity index (χ2v) is 5.43. The molecule has 0 spiro atoms. The molecule has 1 aromatic carbocycles. The van der Waals surface area contributed by atoms with Crippen molar-refractivity contribution in [2.75, 3.05) is 0 Å². The van der Waals surface area contributed by atoms with Crippen LogP contribution < -0.4 is 5.56 Å². The zero-order valence-corrected chi connectivity index (χ0v) is 13.4. The zero-order chi connectivity index (χ0) is 15.1. The molecule has 0 aliphatic carbocycles. The van der Waals surface area contributed by atoms with Gasteiger partial charge in [-0.25, -0.2) is 4.68 Å². The summed E-state index contributed by atoms with van der Waals surface area (Å²) in [6, 6.07) is 4.45. The molecule has 0 saturated carbocycles. The van der Waals surface area contributed by atoms with Crippen LogP contribution >= 0.6 is 31.9 Å². The molecule has 2 rings (SSSR count). The smallest absolute Gasteiger partial charge is 0.283 e. The van der Waals surface area contributed by atoms with Crippen molar-refractivity contribution in [3.05, 3.63) is 50.3 Å². The van der Waals surface area contributed by atoms with Gasteiger partial charge in [-0.1, -0.05) is 15.9 Å². The van der Waals surface area contributed by atoms with Gasteiger partial charge in [0.15, 0.2) is 0 Å². The first-order valence-corrected chi connectivity index (χ1v) is 7.38. The van der Waals surface area contributed by atoms with E-state index in [-0.39, 0.29) is 5.56 Å². The van der Waals surface area contributed by atoms with E-state index in [1.165, 1.54) is 16.8 Å². The maximum atomic E-state index is 12.5. The maximum Gasteiger partial charge on any atom is 0.416 e. The van der Waals surface area contributed by atoms with Crippen LogP contribution in [0.15, 0.2) is 33.5 Å². The van der Waals surface area contributed by atoms with Crippen molar-refractivity contribution in [2.24, 2.45) is 7.05 Å². The van der Waals surface area contributed by atoms with Gasteiger partial charge < -0.3 is 0 Å². The first-order valence-electron chi connectivity index (χ1n) is 5.47. The maximum absolute atomic E-state index is 12.5. The molecule has 0 aliphatic heterocycles. The van der Waals surface area contributed by atoms with E-state index in [4.69, 9.17) is 0 Å². The highest BCUT2D eigenvalue weighted by Crippen LogP contribution is 2.29. The van der Waals surface area contributed by atoms with Gasteiger partial charge in [0.2, 0.25) is 0 Å². The molecular weight excluding hydrogens is 405 g/mol. The summed E-state index contributed by atoms with van der Waals surface area (Å²) in [5.74, 6) is 0. The Morgan fingerprint density at radius 3 is 2.15 bits per heavy atom. The summed E-state index contributed by atoms with van der Waals surface area (Å²) in [6.07, 6.45) is -4.39. The Balaban J connectivity index is 2.56. The molecule has 0 N–H and O–H groups in total. The second kappa shape index (κ2) is 5.40. The Bertz CT molecular complexity index is 686. The molecule has 0 unspecified atom stereocenters. The molecule has 1 aromatic heterocycles. The van der Waals surface area contributed by atoms with Crippen molar-refractivity contribution >= 4 is 31.9 Å². The van der Waals surface area contributed by atoms with E-state index in [2.05, 4.69) is 31.9 Å². The lowest BCUT2D eigenvalue weighted by atomic mass is 10.2. The zero-order valence-electron chi connectivity index (χ0n) is 10.2. The SMILES string of the molecule is Cn1c(CBr)c(Br)c(=O)n1-c1ccc(C(F)(F)F)cc1. The molecule has 2 aromatic rings. The molecule has 0 radical (unpaired) electrons. The molecule has 3 nitrogen and oxygen atoms in total. The Morgan fingerprint density at radius 1 is 1.20 bits per heavy atom. The lowest BCUT2D eigenvalue weighted by Gasteiger charge is -2.11. The summed E-state index contributed by atoms with van der Waals surface area (Å²) in [6.45, 7) is 0. The topological polar surface area (TPSA) is 26.9 Å². The van der Waals surface area contributed by atoms with Crippen molar-refractivity contribution in [1.82, 2.24) is 9.36 Å². The van der Waals surface area contributed by atoms with E-state index in [9.17, 15) is 18.0 Å². The average molecular weight is 414 g/mol. The van der Waals surface area contributed by atoms with Crippen LogP contribution in [0.25, 0.3) is 5.69 Å². The number of hydrogen-bond acceptors (Lipinski definition) is 1. The van der Waals surface area contributed by atoms with Gasteiger partial charge in [-0.3, -0.25) is 9.48 Å². The summed E-state index contributed by atoms with van der Waals surface area (Å²) in [5, 5.41) is 0.451. The average Bonchev–Trinajstić information content (AvgIpc) is 2.59. The van der Waals surface area contributed by atoms with E-state index in [1.54, 1.807) is 11.7 Å². The normalized spacial score (nSPS) is 11.9. The number of aromatic nitrogens is 2. The lowest BCUT2D eigenvalue weighted by molar-refractivity contribution is -0.137. The third-order valence-electron chi connectivity index (χ3n) is 2.89. The van der Waals surface area contributed by atoms with Gasteiger partial charge in [0.1, 0.15) is 4.47 Å². The number of rotatable bonds is 2. The summed E-state index contributed by atoms with van der Waals surface area (Å²) in [4.78, 5) is 12.1. The van der Waals surface area contributed by atoms with E-state index in [0.717, 1.165) is 12.1 Å². The predicted molar refractivity (Wildman–Crippen MR) is 76.3 cm³/mol. The summed E-state index contributed by atoms with van der Waals surface area (Å²) in [5.41, 5.74) is 0.0123. The van der Waals surface area contributed by atoms with Crippen LogP contribution in [0.3, 0.4) is 0 Å². The van der Waals surface area contributed by atoms with Crippen molar-refractivity contribution in [2.45, 2.75) is 11.5 Å². The monoisotopic (exact) mass is 412 g/mol. The number of alkyl halides is 4. The molecule has 0 bridgehead atoms. The summed E-state index contributed by atoms with van der Waals surface area (Å²) >= 11 is 6.46. The van der Waals surface area contributed by atoms with Crippen LogP contribution in [0.4, 0.5) is 13.2 Å². The van der Waals surface area contributed by atoms with Crippen molar-refractivity contribution in [1.29, 1.82) is 0 Å². The number of halogens is 5. The highest BCUT2D eigenvalue weighted by Gasteiger charge is 2.30. The number of nitrogens with zero attached hydrogens (tertiary/aromatic N) is 2. The molecule has 1 heterocycles. The molecule has 0 saturated heterocycles. The quantitative estimate of drug-likeness (QED) is 0.687. The molecular formula is C12H9Br2F3N2O. The summed E-state index contributed by atoms with van der Waals surface area (Å²) in [7, 11) is 1.67. The van der Waals surface area contributed by atoms with Gasteiger partial charge >= 0.3 is 6.18 Å². The first kappa shape index (κ1) is 15.4. The van der Waals surface area contributed by atoms with Gasteiger partial charge in [0, 0.05) is 12.4 Å². The molecule has 8 heteroatoms. The first-order chi connectivity index (χ1) is 9.27. The van der Waals surface area contributed by atoms with Crippen molar-refractivity contribution < 1.29 is 13.2 Å². The van der Waals surface area contributed by atoms with Crippen LogP contribution in [-0.2, 0) is 18.6 Å². The largest absolute Gasteiger partial charge is 0.416 e. The predicted octanol–water partition coefficient (Wildman–Crippen LogP) is 3.85. The van der Waals surface area contributed by atoms with Crippen LogP contribution in [-0.4, -0.2) is 9.36 Å². The number of benzene rings is 1. The van der Waals surface area contributed by atoms with Crippen LogP contribution in [0.5, 0.6) is 0 Å². The molecule has 108 valence electrons. The summed E-state index contributed by atoms with van der Waals surface area (Å²) < 4.78 is 40.8. The Kier molecular flexibility index (Phi) is 4.15. The van der Waals surface area contributed by atoms with E-state index in [0.29, 0.717) is 21.2 Å². The second-order valence-electron chi connectivity index (χ2n) is 4.08. The van der Waals surface area contributed by atoms with Crippen molar-refractivity contribution in [3.63, 3.8) is 0 Å². The van der Waals surface area contributed by atoms with E-state index >= 15 is 0 Å². The van der Waals surface area contributed by atoms with Crippen LogP contribution in [0.2, 0.25) is 0 Å². The fourth-order valence-corrected chi connectivity index (χ4v) is 3.43. The number of hydrogen-bond donors (Lipinski definition) is 0. The highest BCUT2D eigenvalue weighted by molar-refractivity contribution is 9.10. The highest BCUT2D eigenvalue weighted by atomic mass is 79.9. The van der Waals surface area contributed by atoms with Gasteiger partial charge in [-0.2, -0.15) is 13.2 Å². The van der Waals surface area contributed by atoms with Gasteiger partial charge in [0.25, 0.3) is 5.56 Å². The minimum atomic E-state index is -4.39. The van der Waals surface area contributed by atoms with Gasteiger partial charge in [0.05, 0.1) is 16.9 Å². The molecule has 0 fully saturated rings. The fourth-order valence-electron chi connectivity index (χ4n) is 1.84. The fraction of sp³-hybridized carbons (Fsp3) is 0.250. The molecule has 0 atom stereocenters. The molecule has 0 amide bonds. The standard InChI is InChI=1S/C12H9Br2F3N2O/c1-18-9(6-13)10(14)11(20)19(18)8-4-2-7(3-5-8)12(15,16)17/h2-5H,6H2,1H3.